The summed E-state index contributed by atoms with van der Waals surface area (Å²) in [6, 6.07) is 8.19. The van der Waals surface area contributed by atoms with Crippen LogP contribution in [0.15, 0.2) is 42.6 Å². The number of hydrogen-bond acceptors (Lipinski definition) is 5. The number of amides is 2. The van der Waals surface area contributed by atoms with E-state index in [0.717, 1.165) is 67.4 Å². The van der Waals surface area contributed by atoms with Crippen molar-refractivity contribution in [3.8, 4) is 11.5 Å². The second-order valence-corrected chi connectivity index (χ2v) is 8.02. The van der Waals surface area contributed by atoms with Crippen molar-refractivity contribution < 1.29 is 18.3 Å². The summed E-state index contributed by atoms with van der Waals surface area (Å²) in [5.74, 6) is -1.50. The summed E-state index contributed by atoms with van der Waals surface area (Å²) in [6.45, 7) is 4.31. The summed E-state index contributed by atoms with van der Waals surface area (Å²) >= 11 is 0. The molecule has 0 aliphatic carbocycles. The number of nitrogens with two attached hydrogens (primary N) is 1. The molecule has 0 radical (unpaired) electrons. The minimum atomic E-state index is -1.06. The van der Waals surface area contributed by atoms with E-state index in [0.29, 0.717) is 11.3 Å². The highest BCUT2D eigenvalue weighted by Crippen LogP contribution is 2.35. The molecule has 4 aromatic rings. The van der Waals surface area contributed by atoms with E-state index in [2.05, 4.69) is 25.1 Å². The largest absolute Gasteiger partial charge is 0.379 e. The van der Waals surface area contributed by atoms with Gasteiger partial charge in [-0.15, -0.1) is 12.4 Å². The van der Waals surface area contributed by atoms with Crippen LogP contribution in [-0.2, 0) is 11.2 Å². The summed E-state index contributed by atoms with van der Waals surface area (Å²) in [6.07, 6.45) is 2.15. The van der Waals surface area contributed by atoms with E-state index in [1.54, 1.807) is 0 Å². The lowest BCUT2D eigenvalue weighted by Gasteiger charge is -2.26. The topological polar surface area (TPSA) is 116 Å². The Kier molecular flexibility index (Phi) is 7.29. The summed E-state index contributed by atoms with van der Waals surface area (Å²) in [7, 11) is 0. The number of halogens is 3. The van der Waals surface area contributed by atoms with Gasteiger partial charge in [-0.05, 0) is 36.2 Å². The van der Waals surface area contributed by atoms with Crippen molar-refractivity contribution in [2.75, 3.05) is 37.7 Å². The molecule has 0 atom stereocenters. The van der Waals surface area contributed by atoms with Crippen molar-refractivity contribution in [3.63, 3.8) is 0 Å². The van der Waals surface area contributed by atoms with Crippen molar-refractivity contribution in [3.05, 3.63) is 59.8 Å². The molecule has 3 heterocycles. The maximum atomic E-state index is 14.5. The minimum Gasteiger partial charge on any atom is -0.379 e. The summed E-state index contributed by atoms with van der Waals surface area (Å²) in [5.41, 5.74) is 7.90. The van der Waals surface area contributed by atoms with Gasteiger partial charge in [0.05, 0.1) is 36.1 Å². The smallest absolute Gasteiger partial charge is 0.324 e. The highest BCUT2D eigenvalue weighted by atomic mass is 35.5. The summed E-state index contributed by atoms with van der Waals surface area (Å²) < 4.78 is 34.3. The van der Waals surface area contributed by atoms with E-state index >= 15 is 0 Å². The van der Waals surface area contributed by atoms with Crippen LogP contribution in [0, 0.1) is 11.6 Å². The highest BCUT2D eigenvalue weighted by Gasteiger charge is 2.27. The number of nitrogens with zero attached hydrogens (tertiary/aromatic N) is 4. The molecule has 35 heavy (non-hydrogen) atoms. The number of benzene rings is 2. The van der Waals surface area contributed by atoms with Crippen molar-refractivity contribution >= 4 is 40.8 Å². The number of carbonyl (C=O) groups is 1. The summed E-state index contributed by atoms with van der Waals surface area (Å²) in [5, 5.41) is 6.71. The number of morpholine rings is 1. The number of urea groups is 1. The Balaban J connectivity index is 0.00000289. The van der Waals surface area contributed by atoms with Gasteiger partial charge < -0.3 is 15.5 Å². The predicted molar refractivity (Wildman–Crippen MR) is 130 cm³/mol. The molecular weight excluding hydrogens is 480 g/mol. The molecule has 0 bridgehead atoms. The van der Waals surface area contributed by atoms with Gasteiger partial charge in [-0.25, -0.2) is 18.6 Å². The number of nitrogens with one attached hydrogen (secondary N) is 2. The van der Waals surface area contributed by atoms with E-state index in [9.17, 15) is 13.6 Å². The zero-order valence-electron chi connectivity index (χ0n) is 18.6. The number of hydrogen-bond donors (Lipinski definition) is 3. The average molecular weight is 504 g/mol. The monoisotopic (exact) mass is 503 g/mol. The quantitative estimate of drug-likeness (QED) is 0.370. The van der Waals surface area contributed by atoms with Crippen LogP contribution in [-0.4, -0.2) is 63.9 Å². The third-order valence-electron chi connectivity index (χ3n) is 5.85. The molecule has 2 aromatic heterocycles. The molecule has 2 amide bonds. The zero-order valence-corrected chi connectivity index (χ0v) is 19.4. The van der Waals surface area contributed by atoms with Crippen LogP contribution in [0.3, 0.4) is 0 Å². The number of carbonyl (C=O) groups excluding carboxylic acids is 1. The normalized spacial score (nSPS) is 14.1. The third-order valence-corrected chi connectivity index (χ3v) is 5.85. The van der Waals surface area contributed by atoms with Gasteiger partial charge >= 0.3 is 6.03 Å². The molecule has 4 N–H and O–H groups in total. The van der Waals surface area contributed by atoms with E-state index in [-0.39, 0.29) is 23.8 Å². The van der Waals surface area contributed by atoms with Crippen LogP contribution in [0.25, 0.3) is 22.6 Å². The number of rotatable bonds is 6. The molecule has 1 aliphatic heterocycles. The molecule has 9 nitrogen and oxygen atoms in total. The Morgan fingerprint density at radius 1 is 1.17 bits per heavy atom. The Bertz CT molecular complexity index is 1320. The van der Waals surface area contributed by atoms with Crippen molar-refractivity contribution in [2.24, 2.45) is 5.73 Å². The fraction of sp³-hybridized carbons (Fsp3) is 0.261. The van der Waals surface area contributed by atoms with Gasteiger partial charge in [0.25, 0.3) is 0 Å². The molecule has 5 rings (SSSR count). The predicted octanol–water partition coefficient (Wildman–Crippen LogP) is 3.74. The van der Waals surface area contributed by atoms with Crippen molar-refractivity contribution in [1.82, 2.24) is 25.1 Å². The van der Waals surface area contributed by atoms with Gasteiger partial charge in [-0.3, -0.25) is 14.9 Å². The van der Waals surface area contributed by atoms with Crippen LogP contribution < -0.4 is 10.6 Å². The van der Waals surface area contributed by atoms with E-state index < -0.39 is 23.4 Å². The van der Waals surface area contributed by atoms with E-state index in [1.807, 2.05) is 18.2 Å². The fourth-order valence-electron chi connectivity index (χ4n) is 4.12. The van der Waals surface area contributed by atoms with Crippen LogP contribution in [0.2, 0.25) is 0 Å². The van der Waals surface area contributed by atoms with Gasteiger partial charge in [0.2, 0.25) is 0 Å². The lowest BCUT2D eigenvalue weighted by atomic mass is 10.1. The van der Waals surface area contributed by atoms with Crippen molar-refractivity contribution in [2.45, 2.75) is 6.42 Å². The Hall–Kier alpha value is -3.54. The maximum absolute atomic E-state index is 14.5. The number of anilines is 2. The molecule has 1 saturated heterocycles. The number of fused-ring (bicyclic) bond motifs is 1. The van der Waals surface area contributed by atoms with Crippen LogP contribution in [0.4, 0.5) is 25.0 Å². The molecule has 1 fully saturated rings. The second-order valence-electron chi connectivity index (χ2n) is 8.02. The van der Waals surface area contributed by atoms with Gasteiger partial charge in [0.1, 0.15) is 23.0 Å². The first kappa shape index (κ1) is 24.6. The maximum Gasteiger partial charge on any atom is 0.324 e. The van der Waals surface area contributed by atoms with Gasteiger partial charge in [0, 0.05) is 19.6 Å². The number of aromatic amines is 2. The highest BCUT2D eigenvalue weighted by molar-refractivity contribution is 6.01. The van der Waals surface area contributed by atoms with Gasteiger partial charge in [0.15, 0.2) is 5.82 Å². The molecule has 184 valence electrons. The van der Waals surface area contributed by atoms with Gasteiger partial charge in [-0.1, -0.05) is 12.1 Å². The minimum absolute atomic E-state index is 0. The standard InChI is InChI=1S/C23H23F2N7O2.ClH/c24-15-2-1-3-16(25)21(15)32(23(26)33)19-13-27-30-20(19)22-28-17-5-4-14(12-18(17)29-22)6-7-31-8-10-34-11-9-31;/h1-5,12-13H,6-11H2,(H2,26,33)(H,27,30)(H,28,29);1H. The third kappa shape index (κ3) is 4.97. The number of primary amides is 1. The fourth-order valence-corrected chi connectivity index (χ4v) is 4.12. The first-order valence-electron chi connectivity index (χ1n) is 10.9. The Morgan fingerprint density at radius 2 is 1.91 bits per heavy atom. The van der Waals surface area contributed by atoms with Crippen LogP contribution >= 0.6 is 12.4 Å². The zero-order chi connectivity index (χ0) is 23.7. The van der Waals surface area contributed by atoms with Crippen LogP contribution in [0.5, 0.6) is 0 Å². The molecule has 2 aromatic carbocycles. The first-order valence-corrected chi connectivity index (χ1v) is 10.9. The number of ether oxygens (including phenoxy) is 1. The van der Waals surface area contributed by atoms with Crippen molar-refractivity contribution in [1.29, 1.82) is 0 Å². The molecule has 12 heteroatoms. The van der Waals surface area contributed by atoms with Gasteiger partial charge in [-0.2, -0.15) is 5.10 Å². The van der Waals surface area contributed by atoms with E-state index in [4.69, 9.17) is 10.5 Å². The number of aromatic nitrogens is 4. The lowest BCUT2D eigenvalue weighted by molar-refractivity contribution is 0.0384. The second kappa shape index (κ2) is 10.4. The Labute approximate surface area is 205 Å². The molecule has 0 unspecified atom stereocenters. The van der Waals surface area contributed by atoms with E-state index in [1.165, 1.54) is 12.3 Å². The molecular formula is C23H24ClF2N7O2. The number of imidazole rings is 1. The summed E-state index contributed by atoms with van der Waals surface area (Å²) in [4.78, 5) is 23.1. The Morgan fingerprint density at radius 3 is 2.63 bits per heavy atom. The first-order chi connectivity index (χ1) is 16.5. The average Bonchev–Trinajstić information content (AvgIpc) is 3.47. The molecule has 0 spiro atoms. The van der Waals surface area contributed by atoms with Crippen LogP contribution in [0.1, 0.15) is 5.56 Å². The molecule has 1 aliphatic rings. The number of para-hydroxylation sites is 1. The number of H-pyrrole nitrogens is 2. The lowest BCUT2D eigenvalue weighted by Crippen LogP contribution is -2.37. The SMILES string of the molecule is Cl.NC(=O)N(c1cn[nH]c1-c1nc2ccc(CCN3CCOCC3)cc2[nH]1)c1c(F)cccc1F. The molecule has 0 saturated carbocycles.